The fourth-order valence-corrected chi connectivity index (χ4v) is 7.05. The van der Waals surface area contributed by atoms with Crippen molar-refractivity contribution in [1.82, 2.24) is 0 Å². The Balaban J connectivity index is 1.73. The smallest absolute Gasteiger partial charge is 0.324 e. The van der Waals surface area contributed by atoms with E-state index < -0.39 is 22.8 Å². The fourth-order valence-electron chi connectivity index (χ4n) is 5.69. The number of rotatable bonds is 8. The summed E-state index contributed by atoms with van der Waals surface area (Å²) in [6, 6.07) is 33.8. The van der Waals surface area contributed by atoms with Crippen molar-refractivity contribution in [3.8, 4) is 0 Å². The predicted molar refractivity (Wildman–Crippen MR) is 150 cm³/mol. The first kappa shape index (κ1) is 25.9. The zero-order chi connectivity index (χ0) is 26.6. The van der Waals surface area contributed by atoms with E-state index in [-0.39, 0.29) is 19.6 Å². The monoisotopic (exact) mass is 522 g/mol. The number of fused-ring (bicyclic) bond motifs is 1. The zero-order valence-corrected chi connectivity index (χ0v) is 22.6. The van der Waals surface area contributed by atoms with Crippen molar-refractivity contribution in [3.05, 3.63) is 136 Å². The topological polar surface area (TPSA) is 52.6 Å². The van der Waals surface area contributed by atoms with Gasteiger partial charge in [0.05, 0.1) is 18.6 Å². The average Bonchev–Trinajstić information content (AvgIpc) is 3.36. The third-order valence-corrected chi connectivity index (χ3v) is 8.59. The maximum Gasteiger partial charge on any atom is 0.324 e. The Labute approximate surface area is 225 Å². The van der Waals surface area contributed by atoms with Gasteiger partial charge in [0.2, 0.25) is 0 Å². The van der Waals surface area contributed by atoms with Crippen molar-refractivity contribution in [2.75, 3.05) is 13.2 Å². The van der Waals surface area contributed by atoms with Gasteiger partial charge in [0, 0.05) is 6.42 Å². The molecule has 192 valence electrons. The molecule has 1 heterocycles. The molecule has 5 heteroatoms. The van der Waals surface area contributed by atoms with Gasteiger partial charge in [0.25, 0.3) is 0 Å². The van der Waals surface area contributed by atoms with Gasteiger partial charge in [-0.2, -0.15) is 0 Å². The highest BCUT2D eigenvalue weighted by molar-refractivity contribution is 7.30. The Bertz CT molecular complexity index is 1300. The third-order valence-electron chi connectivity index (χ3n) is 7.40. The van der Waals surface area contributed by atoms with Crippen molar-refractivity contribution in [3.63, 3.8) is 0 Å². The summed E-state index contributed by atoms with van der Waals surface area (Å²) in [4.78, 5) is 26.4. The molecule has 3 aromatic carbocycles. The summed E-state index contributed by atoms with van der Waals surface area (Å²) in [5, 5.41) is 1.17. The summed E-state index contributed by atoms with van der Waals surface area (Å²) >= 11 is 0. The van der Waals surface area contributed by atoms with Crippen molar-refractivity contribution >= 4 is 20.1 Å². The van der Waals surface area contributed by atoms with E-state index in [4.69, 9.17) is 9.47 Å². The molecule has 0 saturated carbocycles. The highest BCUT2D eigenvalue weighted by Crippen LogP contribution is 2.50. The number of carbonyl (C=O) groups excluding carboxylic acids is 2. The summed E-state index contributed by atoms with van der Waals surface area (Å²) in [6.07, 6.45) is 0.565. The summed E-state index contributed by atoms with van der Waals surface area (Å²) in [6.45, 7) is 3.95. The SMILES string of the molecule is CCOC(=O)C1(C(=O)OCC)Cc2cpc(C(c3ccccc3)(c3ccccc3)c3ccccc3)cc2C1. The van der Waals surface area contributed by atoms with Crippen LogP contribution in [0.4, 0.5) is 0 Å². The molecule has 1 aromatic heterocycles. The Morgan fingerprint density at radius 2 is 1.13 bits per heavy atom. The first-order valence-electron chi connectivity index (χ1n) is 13.1. The van der Waals surface area contributed by atoms with Crippen LogP contribution in [0.3, 0.4) is 0 Å². The molecule has 0 amide bonds. The minimum absolute atomic E-state index is 0.215. The second kappa shape index (κ2) is 10.9. The van der Waals surface area contributed by atoms with Crippen LogP contribution in [0.1, 0.15) is 47.0 Å². The van der Waals surface area contributed by atoms with Crippen molar-refractivity contribution < 1.29 is 19.1 Å². The molecule has 5 rings (SSSR count). The van der Waals surface area contributed by atoms with Crippen molar-refractivity contribution in [2.45, 2.75) is 32.1 Å². The highest BCUT2D eigenvalue weighted by Gasteiger charge is 2.53. The summed E-state index contributed by atoms with van der Waals surface area (Å²) in [5.41, 5.74) is 3.59. The Hall–Kier alpha value is -3.75. The summed E-state index contributed by atoms with van der Waals surface area (Å²) in [5.74, 6) is 1.15. The van der Waals surface area contributed by atoms with Gasteiger partial charge in [-0.1, -0.05) is 99.2 Å². The molecule has 0 N–H and O–H groups in total. The van der Waals surface area contributed by atoms with Crippen LogP contribution in [0, 0.1) is 5.41 Å². The largest absolute Gasteiger partial charge is 0.465 e. The Kier molecular flexibility index (Phi) is 7.44. The molecule has 0 radical (unpaired) electrons. The number of hydrogen-bond acceptors (Lipinski definition) is 4. The minimum atomic E-state index is -1.34. The quantitative estimate of drug-likeness (QED) is 0.144. The molecule has 4 aromatic rings. The molecular formula is C33H31O4P. The van der Waals surface area contributed by atoms with Gasteiger partial charge in [-0.15, -0.1) is 0 Å². The third kappa shape index (κ3) is 4.33. The van der Waals surface area contributed by atoms with Crippen LogP contribution < -0.4 is 0 Å². The van der Waals surface area contributed by atoms with Crippen LogP contribution in [0.5, 0.6) is 0 Å². The van der Waals surface area contributed by atoms with Gasteiger partial charge in [-0.25, -0.2) is 0 Å². The van der Waals surface area contributed by atoms with Gasteiger partial charge in [0.15, 0.2) is 5.41 Å². The molecular weight excluding hydrogens is 491 g/mol. The van der Waals surface area contributed by atoms with Crippen LogP contribution in [-0.2, 0) is 37.3 Å². The second-order valence-electron chi connectivity index (χ2n) is 9.56. The minimum Gasteiger partial charge on any atom is -0.465 e. The van der Waals surface area contributed by atoms with Gasteiger partial charge in [-0.3, -0.25) is 9.59 Å². The van der Waals surface area contributed by atoms with E-state index in [1.54, 1.807) is 13.8 Å². The number of esters is 2. The molecule has 1 aliphatic carbocycles. The number of ether oxygens (including phenoxy) is 2. The lowest BCUT2D eigenvalue weighted by Gasteiger charge is -2.36. The van der Waals surface area contributed by atoms with E-state index in [1.807, 2.05) is 18.2 Å². The lowest BCUT2D eigenvalue weighted by atomic mass is 9.68. The maximum atomic E-state index is 13.2. The van der Waals surface area contributed by atoms with Crippen LogP contribution in [0.15, 0.2) is 103 Å². The summed E-state index contributed by atoms with van der Waals surface area (Å²) < 4.78 is 10.8. The summed E-state index contributed by atoms with van der Waals surface area (Å²) in [7, 11) is 1.01. The Morgan fingerprint density at radius 1 is 0.711 bits per heavy atom. The van der Waals surface area contributed by atoms with Gasteiger partial charge < -0.3 is 9.47 Å². The van der Waals surface area contributed by atoms with E-state index in [1.165, 1.54) is 5.30 Å². The van der Waals surface area contributed by atoms with Crippen LogP contribution >= 0.6 is 8.19 Å². The lowest BCUT2D eigenvalue weighted by molar-refractivity contribution is -0.171. The molecule has 0 unspecified atom stereocenters. The number of hydrogen-bond donors (Lipinski definition) is 0. The maximum absolute atomic E-state index is 13.2. The first-order valence-corrected chi connectivity index (χ1v) is 14.0. The predicted octanol–water partition coefficient (Wildman–Crippen LogP) is 6.86. The normalized spacial score (nSPS) is 14.2. The molecule has 0 aliphatic heterocycles. The van der Waals surface area contributed by atoms with E-state index in [0.717, 1.165) is 36.0 Å². The molecule has 38 heavy (non-hydrogen) atoms. The molecule has 0 bridgehead atoms. The van der Waals surface area contributed by atoms with E-state index >= 15 is 0 Å². The lowest BCUT2D eigenvalue weighted by Crippen LogP contribution is -2.43. The van der Waals surface area contributed by atoms with Gasteiger partial charge in [0.1, 0.15) is 0 Å². The van der Waals surface area contributed by atoms with Crippen LogP contribution in [0.25, 0.3) is 0 Å². The number of carbonyl (C=O) groups is 2. The first-order chi connectivity index (χ1) is 18.6. The molecule has 1 aliphatic rings. The molecule has 0 fully saturated rings. The van der Waals surface area contributed by atoms with Gasteiger partial charge in [-0.05, 0) is 65.2 Å². The van der Waals surface area contributed by atoms with E-state index in [9.17, 15) is 9.59 Å². The van der Waals surface area contributed by atoms with Crippen LogP contribution in [0.2, 0.25) is 0 Å². The van der Waals surface area contributed by atoms with Crippen LogP contribution in [-0.4, -0.2) is 25.2 Å². The highest BCUT2D eigenvalue weighted by atomic mass is 31.0. The standard InChI is InChI=1S/C33H31O4P/c1-3-36-30(34)32(31(35)37-4-2)21-24-20-29(38-23-25(24)22-32)33(26-14-8-5-9-15-26,27-16-10-6-11-17-27)28-18-12-7-13-19-28/h5-20,23H,3-4,21-22H2,1-2H3. The molecule has 0 spiro atoms. The zero-order valence-electron chi connectivity index (χ0n) is 21.7. The number of benzene rings is 3. The van der Waals surface area contributed by atoms with Crippen molar-refractivity contribution in [1.29, 1.82) is 0 Å². The second-order valence-corrected chi connectivity index (χ2v) is 10.6. The molecule has 0 saturated heterocycles. The average molecular weight is 523 g/mol. The Morgan fingerprint density at radius 3 is 1.55 bits per heavy atom. The van der Waals surface area contributed by atoms with Gasteiger partial charge >= 0.3 is 11.9 Å². The molecule has 0 atom stereocenters. The van der Waals surface area contributed by atoms with Crippen molar-refractivity contribution in [2.24, 2.45) is 5.41 Å². The van der Waals surface area contributed by atoms with E-state index in [2.05, 4.69) is 84.7 Å². The molecule has 4 nitrogen and oxygen atoms in total. The van der Waals surface area contributed by atoms with E-state index in [0.29, 0.717) is 6.42 Å². The fraction of sp³-hybridized carbons (Fsp3) is 0.242.